The van der Waals surface area contributed by atoms with Crippen LogP contribution in [0.3, 0.4) is 0 Å². The first-order chi connectivity index (χ1) is 8.20. The number of nitrogens with zero attached hydrogens (tertiary/aromatic N) is 1. The molecule has 2 heterocycles. The Bertz CT molecular complexity index is 323. The molecule has 17 heavy (non-hydrogen) atoms. The Balaban J connectivity index is 1.95. The van der Waals surface area contributed by atoms with Crippen LogP contribution in [0.1, 0.15) is 32.4 Å². The second kappa shape index (κ2) is 5.69. The van der Waals surface area contributed by atoms with Gasteiger partial charge in [-0.3, -0.25) is 4.90 Å². The molecule has 1 saturated heterocycles. The van der Waals surface area contributed by atoms with Crippen molar-refractivity contribution in [3.05, 3.63) is 24.2 Å². The standard InChI is InChI=1S/C14H24N2O/c1-11-5-6-16(13(8-11)10-15)12(2)9-14-4-3-7-17-14/h3-4,7,11-13H,5-6,8-10,15H2,1-2H3. The quantitative estimate of drug-likeness (QED) is 0.872. The van der Waals surface area contributed by atoms with Crippen LogP contribution in [0.2, 0.25) is 0 Å². The molecular formula is C14H24N2O. The van der Waals surface area contributed by atoms with E-state index in [1.807, 2.05) is 6.07 Å². The van der Waals surface area contributed by atoms with Gasteiger partial charge in [0.2, 0.25) is 0 Å². The van der Waals surface area contributed by atoms with Gasteiger partial charge < -0.3 is 10.2 Å². The zero-order valence-electron chi connectivity index (χ0n) is 10.9. The first-order valence-corrected chi connectivity index (χ1v) is 6.69. The van der Waals surface area contributed by atoms with Crippen molar-refractivity contribution in [2.75, 3.05) is 13.1 Å². The highest BCUT2D eigenvalue weighted by Gasteiger charge is 2.28. The molecule has 1 aliphatic heterocycles. The van der Waals surface area contributed by atoms with Crippen LogP contribution in [-0.2, 0) is 6.42 Å². The van der Waals surface area contributed by atoms with Gasteiger partial charge in [-0.15, -0.1) is 0 Å². The third-order valence-corrected chi connectivity index (χ3v) is 3.94. The van der Waals surface area contributed by atoms with Gasteiger partial charge in [-0.05, 0) is 44.4 Å². The molecule has 1 aromatic rings. The second-order valence-electron chi connectivity index (χ2n) is 5.39. The molecular weight excluding hydrogens is 212 g/mol. The Morgan fingerprint density at radius 2 is 2.41 bits per heavy atom. The van der Waals surface area contributed by atoms with Gasteiger partial charge >= 0.3 is 0 Å². The van der Waals surface area contributed by atoms with Crippen LogP contribution >= 0.6 is 0 Å². The Kier molecular flexibility index (Phi) is 4.24. The van der Waals surface area contributed by atoms with Crippen LogP contribution < -0.4 is 5.73 Å². The minimum absolute atomic E-state index is 0.516. The van der Waals surface area contributed by atoms with E-state index >= 15 is 0 Å². The normalized spacial score (nSPS) is 28.2. The Morgan fingerprint density at radius 1 is 1.59 bits per heavy atom. The second-order valence-corrected chi connectivity index (χ2v) is 5.39. The number of hydrogen-bond acceptors (Lipinski definition) is 3. The molecule has 0 aromatic carbocycles. The van der Waals surface area contributed by atoms with E-state index in [-0.39, 0.29) is 0 Å². The van der Waals surface area contributed by atoms with Crippen molar-refractivity contribution in [1.29, 1.82) is 0 Å². The lowest BCUT2D eigenvalue weighted by Gasteiger charge is -2.41. The van der Waals surface area contributed by atoms with E-state index in [4.69, 9.17) is 10.2 Å². The van der Waals surface area contributed by atoms with Crippen LogP contribution in [0.15, 0.2) is 22.8 Å². The minimum Gasteiger partial charge on any atom is -0.469 e. The molecule has 0 bridgehead atoms. The maximum absolute atomic E-state index is 5.90. The maximum Gasteiger partial charge on any atom is 0.105 e. The van der Waals surface area contributed by atoms with Crippen LogP contribution in [-0.4, -0.2) is 30.1 Å². The smallest absolute Gasteiger partial charge is 0.105 e. The highest BCUT2D eigenvalue weighted by Crippen LogP contribution is 2.25. The van der Waals surface area contributed by atoms with Gasteiger partial charge in [0, 0.05) is 25.0 Å². The molecule has 1 aromatic heterocycles. The molecule has 3 nitrogen and oxygen atoms in total. The Labute approximate surface area is 104 Å². The lowest BCUT2D eigenvalue weighted by atomic mass is 9.91. The first-order valence-electron chi connectivity index (χ1n) is 6.69. The zero-order valence-corrected chi connectivity index (χ0v) is 10.9. The minimum atomic E-state index is 0.516. The molecule has 1 fully saturated rings. The average Bonchev–Trinajstić information content (AvgIpc) is 2.81. The number of nitrogens with two attached hydrogens (primary N) is 1. The van der Waals surface area contributed by atoms with E-state index in [0.29, 0.717) is 12.1 Å². The van der Waals surface area contributed by atoms with E-state index in [1.165, 1.54) is 19.4 Å². The fraction of sp³-hybridized carbons (Fsp3) is 0.714. The van der Waals surface area contributed by atoms with Crippen molar-refractivity contribution < 1.29 is 4.42 Å². The predicted molar refractivity (Wildman–Crippen MR) is 69.8 cm³/mol. The summed E-state index contributed by atoms with van der Waals surface area (Å²) in [4.78, 5) is 2.56. The molecule has 0 spiro atoms. The van der Waals surface area contributed by atoms with E-state index in [0.717, 1.165) is 24.6 Å². The lowest BCUT2D eigenvalue weighted by molar-refractivity contribution is 0.0812. The SMILES string of the molecule is CC1CCN(C(C)Cc2ccco2)C(CN)C1. The molecule has 96 valence electrons. The summed E-state index contributed by atoms with van der Waals surface area (Å²) in [5.41, 5.74) is 5.90. The summed E-state index contributed by atoms with van der Waals surface area (Å²) in [5, 5.41) is 0. The third kappa shape index (κ3) is 3.11. The molecule has 3 heteroatoms. The number of furan rings is 1. The van der Waals surface area contributed by atoms with Crippen molar-refractivity contribution in [3.8, 4) is 0 Å². The number of likely N-dealkylation sites (tertiary alicyclic amines) is 1. The molecule has 3 unspecified atom stereocenters. The van der Waals surface area contributed by atoms with E-state index < -0.39 is 0 Å². The van der Waals surface area contributed by atoms with Crippen LogP contribution in [0.4, 0.5) is 0 Å². The number of piperidine rings is 1. The highest BCUT2D eigenvalue weighted by molar-refractivity contribution is 5.01. The van der Waals surface area contributed by atoms with Crippen LogP contribution in [0, 0.1) is 5.92 Å². The largest absolute Gasteiger partial charge is 0.469 e. The highest BCUT2D eigenvalue weighted by atomic mass is 16.3. The van der Waals surface area contributed by atoms with Gasteiger partial charge in [0.15, 0.2) is 0 Å². The van der Waals surface area contributed by atoms with Gasteiger partial charge in [-0.1, -0.05) is 6.92 Å². The summed E-state index contributed by atoms with van der Waals surface area (Å²) in [5.74, 6) is 1.89. The van der Waals surface area contributed by atoms with Crippen molar-refractivity contribution in [2.45, 2.75) is 45.2 Å². The van der Waals surface area contributed by atoms with E-state index in [2.05, 4.69) is 24.8 Å². The van der Waals surface area contributed by atoms with Gasteiger partial charge in [0.05, 0.1) is 6.26 Å². The van der Waals surface area contributed by atoms with E-state index in [1.54, 1.807) is 6.26 Å². The summed E-state index contributed by atoms with van der Waals surface area (Å²) in [7, 11) is 0. The molecule has 3 atom stereocenters. The fourth-order valence-electron chi connectivity index (χ4n) is 2.92. The lowest BCUT2D eigenvalue weighted by Crippen LogP contribution is -2.50. The third-order valence-electron chi connectivity index (χ3n) is 3.94. The zero-order chi connectivity index (χ0) is 12.3. The number of rotatable bonds is 4. The Morgan fingerprint density at radius 3 is 3.06 bits per heavy atom. The van der Waals surface area contributed by atoms with Crippen molar-refractivity contribution in [1.82, 2.24) is 4.90 Å². The fourth-order valence-corrected chi connectivity index (χ4v) is 2.92. The molecule has 0 radical (unpaired) electrons. The average molecular weight is 236 g/mol. The monoisotopic (exact) mass is 236 g/mol. The summed E-state index contributed by atoms with van der Waals surface area (Å²) in [6, 6.07) is 5.08. The maximum atomic E-state index is 5.90. The van der Waals surface area contributed by atoms with Gasteiger partial charge in [-0.25, -0.2) is 0 Å². The molecule has 0 saturated carbocycles. The predicted octanol–water partition coefficient (Wildman–Crippen LogP) is 2.27. The Hall–Kier alpha value is -0.800. The topological polar surface area (TPSA) is 42.4 Å². The summed E-state index contributed by atoms with van der Waals surface area (Å²) in [6.45, 7) is 6.55. The molecule has 0 aliphatic carbocycles. The molecule has 1 aliphatic rings. The number of hydrogen-bond donors (Lipinski definition) is 1. The summed E-state index contributed by atoms with van der Waals surface area (Å²) in [6.07, 6.45) is 5.26. The summed E-state index contributed by atoms with van der Waals surface area (Å²) >= 11 is 0. The molecule has 2 rings (SSSR count). The van der Waals surface area contributed by atoms with Crippen LogP contribution in [0.25, 0.3) is 0 Å². The van der Waals surface area contributed by atoms with Crippen molar-refractivity contribution in [3.63, 3.8) is 0 Å². The van der Waals surface area contributed by atoms with Crippen molar-refractivity contribution >= 4 is 0 Å². The molecule has 0 amide bonds. The van der Waals surface area contributed by atoms with Gasteiger partial charge in [-0.2, -0.15) is 0 Å². The van der Waals surface area contributed by atoms with E-state index in [9.17, 15) is 0 Å². The van der Waals surface area contributed by atoms with Gasteiger partial charge in [0.1, 0.15) is 5.76 Å². The first kappa shape index (κ1) is 12.7. The van der Waals surface area contributed by atoms with Crippen molar-refractivity contribution in [2.24, 2.45) is 11.7 Å². The summed E-state index contributed by atoms with van der Waals surface area (Å²) < 4.78 is 5.43. The van der Waals surface area contributed by atoms with Gasteiger partial charge in [0.25, 0.3) is 0 Å². The molecule has 2 N–H and O–H groups in total. The van der Waals surface area contributed by atoms with Crippen LogP contribution in [0.5, 0.6) is 0 Å².